The highest BCUT2D eigenvalue weighted by Gasteiger charge is 2.08. The van der Waals surface area contributed by atoms with Crippen LogP contribution in [0.1, 0.15) is 26.0 Å². The van der Waals surface area contributed by atoms with Crippen molar-refractivity contribution in [3.8, 4) is 0 Å². The molecule has 5 heteroatoms. The third-order valence-corrected chi connectivity index (χ3v) is 2.97. The van der Waals surface area contributed by atoms with E-state index in [-0.39, 0.29) is 17.9 Å². The molecule has 0 fully saturated rings. The standard InChI is InChI=1S/C15H19N3O2/c1-10(2)9-16-14(19)8-7-13-15(20)18-12-6-4-3-5-11(12)17-13/h3-6,10H,7-9H2,1-2H3,(H,16,19)(H,18,20). The topological polar surface area (TPSA) is 74.8 Å². The number of hydrogen-bond acceptors (Lipinski definition) is 3. The number of rotatable bonds is 5. The largest absolute Gasteiger partial charge is 0.356 e. The van der Waals surface area contributed by atoms with Crippen molar-refractivity contribution in [3.63, 3.8) is 0 Å². The molecule has 0 aliphatic carbocycles. The van der Waals surface area contributed by atoms with Gasteiger partial charge in [-0.25, -0.2) is 4.98 Å². The third-order valence-electron chi connectivity index (χ3n) is 2.97. The Morgan fingerprint density at radius 3 is 2.85 bits per heavy atom. The maximum Gasteiger partial charge on any atom is 0.270 e. The number of nitrogens with zero attached hydrogens (tertiary/aromatic N) is 1. The molecule has 0 spiro atoms. The van der Waals surface area contributed by atoms with E-state index in [1.807, 2.05) is 38.1 Å². The fourth-order valence-corrected chi connectivity index (χ4v) is 1.88. The van der Waals surface area contributed by atoms with Crippen LogP contribution < -0.4 is 10.9 Å². The van der Waals surface area contributed by atoms with Gasteiger partial charge >= 0.3 is 0 Å². The average Bonchev–Trinajstić information content (AvgIpc) is 2.42. The normalized spacial score (nSPS) is 10.9. The van der Waals surface area contributed by atoms with Gasteiger partial charge in [0.2, 0.25) is 5.91 Å². The molecule has 0 aliphatic rings. The number of hydrogen-bond donors (Lipinski definition) is 2. The van der Waals surface area contributed by atoms with Crippen molar-refractivity contribution in [2.45, 2.75) is 26.7 Å². The quantitative estimate of drug-likeness (QED) is 0.869. The lowest BCUT2D eigenvalue weighted by atomic mass is 10.2. The summed E-state index contributed by atoms with van der Waals surface area (Å²) in [6.07, 6.45) is 0.630. The molecule has 0 radical (unpaired) electrons. The van der Waals surface area contributed by atoms with Gasteiger partial charge < -0.3 is 10.3 Å². The number of para-hydroxylation sites is 2. The molecule has 2 aromatic rings. The van der Waals surface area contributed by atoms with Gasteiger partial charge in [-0.15, -0.1) is 0 Å². The van der Waals surface area contributed by atoms with E-state index < -0.39 is 0 Å². The summed E-state index contributed by atoms with van der Waals surface area (Å²) in [7, 11) is 0. The van der Waals surface area contributed by atoms with Crippen molar-refractivity contribution in [2.75, 3.05) is 6.54 Å². The van der Waals surface area contributed by atoms with E-state index in [4.69, 9.17) is 0 Å². The minimum Gasteiger partial charge on any atom is -0.356 e. The first-order valence-electron chi connectivity index (χ1n) is 6.81. The Labute approximate surface area is 117 Å². The summed E-state index contributed by atoms with van der Waals surface area (Å²) in [5, 5.41) is 2.83. The number of carbonyl (C=O) groups excluding carboxylic acids is 1. The third kappa shape index (κ3) is 3.66. The zero-order valence-electron chi connectivity index (χ0n) is 11.8. The summed E-state index contributed by atoms with van der Waals surface area (Å²) in [5.41, 5.74) is 1.64. The van der Waals surface area contributed by atoms with Crippen LogP contribution in [0.3, 0.4) is 0 Å². The van der Waals surface area contributed by atoms with Crippen molar-refractivity contribution < 1.29 is 4.79 Å². The van der Waals surface area contributed by atoms with Crippen molar-refractivity contribution in [1.29, 1.82) is 0 Å². The van der Waals surface area contributed by atoms with E-state index in [2.05, 4.69) is 15.3 Å². The summed E-state index contributed by atoms with van der Waals surface area (Å²) in [6.45, 7) is 4.73. The zero-order chi connectivity index (χ0) is 14.5. The number of H-pyrrole nitrogens is 1. The van der Waals surface area contributed by atoms with Crippen LogP contribution in [0.15, 0.2) is 29.1 Å². The Morgan fingerprint density at radius 1 is 1.35 bits per heavy atom. The number of aromatic amines is 1. The SMILES string of the molecule is CC(C)CNC(=O)CCc1nc2ccccc2[nH]c1=O. The molecular formula is C15H19N3O2. The van der Waals surface area contributed by atoms with Gasteiger partial charge in [-0.05, 0) is 18.1 Å². The first-order chi connectivity index (χ1) is 9.56. The maximum absolute atomic E-state index is 11.9. The molecule has 106 valence electrons. The van der Waals surface area contributed by atoms with Crippen LogP contribution in [-0.4, -0.2) is 22.4 Å². The number of nitrogens with one attached hydrogen (secondary N) is 2. The zero-order valence-corrected chi connectivity index (χ0v) is 11.8. The number of fused-ring (bicyclic) bond motifs is 1. The van der Waals surface area contributed by atoms with Crippen molar-refractivity contribution >= 4 is 16.9 Å². The first-order valence-corrected chi connectivity index (χ1v) is 6.81. The molecule has 0 unspecified atom stereocenters. The summed E-state index contributed by atoms with van der Waals surface area (Å²) in [5.74, 6) is 0.370. The molecular weight excluding hydrogens is 254 g/mol. The lowest BCUT2D eigenvalue weighted by Gasteiger charge is -2.07. The van der Waals surface area contributed by atoms with Crippen LogP contribution in [0.4, 0.5) is 0 Å². The van der Waals surface area contributed by atoms with Crippen LogP contribution in [0.25, 0.3) is 11.0 Å². The smallest absolute Gasteiger partial charge is 0.270 e. The van der Waals surface area contributed by atoms with Gasteiger partial charge in [-0.1, -0.05) is 26.0 Å². The van der Waals surface area contributed by atoms with Gasteiger partial charge in [0.1, 0.15) is 5.69 Å². The van der Waals surface area contributed by atoms with Gasteiger partial charge in [-0.3, -0.25) is 9.59 Å². The average molecular weight is 273 g/mol. The lowest BCUT2D eigenvalue weighted by molar-refractivity contribution is -0.121. The second-order valence-electron chi connectivity index (χ2n) is 5.23. The van der Waals surface area contributed by atoms with Crippen LogP contribution >= 0.6 is 0 Å². The molecule has 1 amide bonds. The van der Waals surface area contributed by atoms with Gasteiger partial charge in [-0.2, -0.15) is 0 Å². The Bertz CT molecular complexity index is 661. The van der Waals surface area contributed by atoms with E-state index >= 15 is 0 Å². The van der Waals surface area contributed by atoms with Crippen molar-refractivity contribution in [3.05, 3.63) is 40.3 Å². The highest BCUT2D eigenvalue weighted by molar-refractivity contribution is 5.76. The molecule has 1 heterocycles. The number of aryl methyl sites for hydroxylation is 1. The van der Waals surface area contributed by atoms with Crippen LogP contribution in [0.2, 0.25) is 0 Å². The Balaban J connectivity index is 2.04. The summed E-state index contributed by atoms with van der Waals surface area (Å²) >= 11 is 0. The van der Waals surface area contributed by atoms with Crippen LogP contribution in [0.5, 0.6) is 0 Å². The molecule has 0 bridgehead atoms. The van der Waals surface area contributed by atoms with Gasteiger partial charge in [0.05, 0.1) is 11.0 Å². The van der Waals surface area contributed by atoms with E-state index in [0.717, 1.165) is 5.52 Å². The van der Waals surface area contributed by atoms with E-state index in [1.165, 1.54) is 0 Å². The molecule has 5 nitrogen and oxygen atoms in total. The molecule has 0 saturated carbocycles. The fourth-order valence-electron chi connectivity index (χ4n) is 1.88. The number of carbonyl (C=O) groups is 1. The van der Waals surface area contributed by atoms with Crippen molar-refractivity contribution in [2.24, 2.45) is 5.92 Å². The predicted molar refractivity (Wildman–Crippen MR) is 78.5 cm³/mol. The number of benzene rings is 1. The second kappa shape index (κ2) is 6.32. The predicted octanol–water partition coefficient (Wildman–Crippen LogP) is 1.63. The Kier molecular flexibility index (Phi) is 4.50. The number of aromatic nitrogens is 2. The highest BCUT2D eigenvalue weighted by atomic mass is 16.1. The van der Waals surface area contributed by atoms with Gasteiger partial charge in [0.15, 0.2) is 0 Å². The van der Waals surface area contributed by atoms with Gasteiger partial charge in [0.25, 0.3) is 5.56 Å². The second-order valence-corrected chi connectivity index (χ2v) is 5.23. The molecule has 20 heavy (non-hydrogen) atoms. The van der Waals surface area contributed by atoms with E-state index in [9.17, 15) is 9.59 Å². The van der Waals surface area contributed by atoms with Crippen LogP contribution in [-0.2, 0) is 11.2 Å². The highest BCUT2D eigenvalue weighted by Crippen LogP contribution is 2.06. The van der Waals surface area contributed by atoms with E-state index in [0.29, 0.717) is 30.1 Å². The molecule has 2 N–H and O–H groups in total. The molecule has 2 rings (SSSR count). The molecule has 0 atom stereocenters. The Morgan fingerprint density at radius 2 is 2.10 bits per heavy atom. The van der Waals surface area contributed by atoms with Crippen molar-refractivity contribution in [1.82, 2.24) is 15.3 Å². The van der Waals surface area contributed by atoms with Crippen LogP contribution in [0, 0.1) is 5.92 Å². The molecule has 1 aromatic carbocycles. The monoisotopic (exact) mass is 273 g/mol. The lowest BCUT2D eigenvalue weighted by Crippen LogP contribution is -2.28. The summed E-state index contributed by atoms with van der Waals surface area (Å²) < 4.78 is 0. The Hall–Kier alpha value is -2.17. The molecule has 0 saturated heterocycles. The summed E-state index contributed by atoms with van der Waals surface area (Å²) in [6, 6.07) is 7.36. The van der Waals surface area contributed by atoms with E-state index in [1.54, 1.807) is 0 Å². The first kappa shape index (κ1) is 14.2. The summed E-state index contributed by atoms with van der Waals surface area (Å²) in [4.78, 5) is 30.6. The molecule has 0 aliphatic heterocycles. The minimum atomic E-state index is -0.222. The minimum absolute atomic E-state index is 0.0481. The van der Waals surface area contributed by atoms with Gasteiger partial charge in [0, 0.05) is 19.4 Å². The number of amides is 1. The fraction of sp³-hybridized carbons (Fsp3) is 0.400. The maximum atomic E-state index is 11.9. The molecule has 1 aromatic heterocycles.